The third-order valence-corrected chi connectivity index (χ3v) is 3.08. The maximum Gasteiger partial charge on any atom is 0.304 e. The Morgan fingerprint density at radius 1 is 1.56 bits per heavy atom. The molecule has 0 radical (unpaired) electrons. The zero-order valence-electron chi connectivity index (χ0n) is 9.24. The van der Waals surface area contributed by atoms with Gasteiger partial charge in [-0.2, -0.15) is 0 Å². The van der Waals surface area contributed by atoms with Crippen LogP contribution < -0.4 is 10.2 Å². The smallest absolute Gasteiger partial charge is 0.304 e. The van der Waals surface area contributed by atoms with Gasteiger partial charge in [-0.3, -0.25) is 4.79 Å². The number of aromatic nitrogens is 1. The zero-order chi connectivity index (χ0) is 11.5. The van der Waals surface area contributed by atoms with Crippen LogP contribution in [0.2, 0.25) is 0 Å². The van der Waals surface area contributed by atoms with Gasteiger partial charge in [0, 0.05) is 17.6 Å². The Labute approximate surface area is 97.3 Å². The highest BCUT2D eigenvalue weighted by atomic mass is 32.1. The van der Waals surface area contributed by atoms with Crippen molar-refractivity contribution in [2.75, 3.05) is 0 Å². The van der Waals surface area contributed by atoms with E-state index in [0.29, 0.717) is 6.54 Å². The monoisotopic (exact) mass is 238 g/mol. The van der Waals surface area contributed by atoms with Crippen molar-refractivity contribution in [1.29, 1.82) is 0 Å². The summed E-state index contributed by atoms with van der Waals surface area (Å²) >= 11 is 1.18. The van der Waals surface area contributed by atoms with E-state index in [1.165, 1.54) is 11.3 Å². The second-order valence-electron chi connectivity index (χ2n) is 3.72. The van der Waals surface area contributed by atoms with Crippen LogP contribution in [0.15, 0.2) is 26.7 Å². The van der Waals surface area contributed by atoms with Crippen molar-refractivity contribution in [3.8, 4) is 0 Å². The summed E-state index contributed by atoms with van der Waals surface area (Å²) in [6.07, 6.45) is 0. The quantitative estimate of drug-likeness (QED) is 0.858. The molecule has 1 atom stereocenters. The Bertz CT molecular complexity index is 512. The second kappa shape index (κ2) is 4.67. The highest BCUT2D eigenvalue weighted by Crippen LogP contribution is 2.15. The normalized spacial score (nSPS) is 12.9. The predicted molar refractivity (Wildman–Crippen MR) is 63.6 cm³/mol. The van der Waals surface area contributed by atoms with E-state index < -0.39 is 0 Å². The first-order valence-corrected chi connectivity index (χ1v) is 5.99. The third kappa shape index (κ3) is 2.62. The minimum atomic E-state index is -0.0155. The molecule has 0 aromatic carbocycles. The minimum Gasteiger partial charge on any atom is -0.465 e. The molecule has 86 valence electrons. The van der Waals surface area contributed by atoms with Gasteiger partial charge in [-0.05, 0) is 26.0 Å². The van der Waals surface area contributed by atoms with Gasteiger partial charge in [-0.1, -0.05) is 11.3 Å². The molecule has 0 saturated carbocycles. The van der Waals surface area contributed by atoms with Crippen LogP contribution in [0.25, 0.3) is 0 Å². The number of furan rings is 1. The summed E-state index contributed by atoms with van der Waals surface area (Å²) in [5.74, 6) is 1.82. The van der Waals surface area contributed by atoms with Gasteiger partial charge in [0.2, 0.25) is 0 Å². The molecule has 2 aromatic heterocycles. The Morgan fingerprint density at radius 2 is 2.38 bits per heavy atom. The van der Waals surface area contributed by atoms with Crippen LogP contribution in [-0.4, -0.2) is 4.98 Å². The zero-order valence-corrected chi connectivity index (χ0v) is 10.1. The molecule has 4 nitrogen and oxygen atoms in total. The fraction of sp³-hybridized carbons (Fsp3) is 0.364. The van der Waals surface area contributed by atoms with E-state index in [2.05, 4.69) is 10.3 Å². The molecule has 2 rings (SSSR count). The van der Waals surface area contributed by atoms with Crippen LogP contribution in [0, 0.1) is 6.92 Å². The summed E-state index contributed by atoms with van der Waals surface area (Å²) in [4.78, 5) is 13.7. The van der Waals surface area contributed by atoms with Gasteiger partial charge in [-0.25, -0.2) is 0 Å². The van der Waals surface area contributed by atoms with E-state index in [4.69, 9.17) is 4.42 Å². The molecule has 2 aromatic rings. The van der Waals surface area contributed by atoms with Gasteiger partial charge in [0.25, 0.3) is 0 Å². The molecule has 2 heterocycles. The van der Waals surface area contributed by atoms with Crippen molar-refractivity contribution >= 4 is 11.3 Å². The topological polar surface area (TPSA) is 58.0 Å². The largest absolute Gasteiger partial charge is 0.465 e. The fourth-order valence-corrected chi connectivity index (χ4v) is 2.03. The summed E-state index contributed by atoms with van der Waals surface area (Å²) < 4.78 is 5.51. The molecule has 0 aliphatic carbocycles. The third-order valence-electron chi connectivity index (χ3n) is 2.36. The average molecular weight is 238 g/mol. The van der Waals surface area contributed by atoms with Crippen molar-refractivity contribution in [3.05, 3.63) is 44.4 Å². The van der Waals surface area contributed by atoms with Crippen LogP contribution >= 0.6 is 11.3 Å². The average Bonchev–Trinajstić information content (AvgIpc) is 2.84. The summed E-state index contributed by atoms with van der Waals surface area (Å²) in [5, 5.41) is 5.11. The Kier molecular flexibility index (Phi) is 3.26. The van der Waals surface area contributed by atoms with Crippen molar-refractivity contribution < 1.29 is 4.42 Å². The van der Waals surface area contributed by atoms with Crippen LogP contribution in [-0.2, 0) is 6.54 Å². The van der Waals surface area contributed by atoms with E-state index >= 15 is 0 Å². The highest BCUT2D eigenvalue weighted by molar-refractivity contribution is 7.07. The maximum atomic E-state index is 10.9. The number of H-pyrrole nitrogens is 1. The van der Waals surface area contributed by atoms with E-state index in [0.717, 1.165) is 17.2 Å². The SMILES string of the molecule is Cc1ccc(C(C)NCc2csc(=O)[nH]2)o1. The van der Waals surface area contributed by atoms with Crippen LogP contribution in [0.3, 0.4) is 0 Å². The van der Waals surface area contributed by atoms with Crippen molar-refractivity contribution in [2.45, 2.75) is 26.4 Å². The van der Waals surface area contributed by atoms with Gasteiger partial charge in [0.05, 0.1) is 6.04 Å². The lowest BCUT2D eigenvalue weighted by molar-refractivity contribution is 0.415. The van der Waals surface area contributed by atoms with Crippen LogP contribution in [0.5, 0.6) is 0 Å². The van der Waals surface area contributed by atoms with Crippen molar-refractivity contribution in [2.24, 2.45) is 0 Å². The van der Waals surface area contributed by atoms with Crippen molar-refractivity contribution in [1.82, 2.24) is 10.3 Å². The first-order valence-electron chi connectivity index (χ1n) is 5.11. The molecule has 0 aliphatic heterocycles. The molecule has 5 heteroatoms. The maximum absolute atomic E-state index is 10.9. The lowest BCUT2D eigenvalue weighted by atomic mass is 10.2. The van der Waals surface area contributed by atoms with Gasteiger partial charge in [0.15, 0.2) is 0 Å². The van der Waals surface area contributed by atoms with Gasteiger partial charge >= 0.3 is 4.87 Å². The molecule has 2 N–H and O–H groups in total. The fourth-order valence-electron chi connectivity index (χ4n) is 1.45. The predicted octanol–water partition coefficient (Wildman–Crippen LogP) is 2.19. The number of aromatic amines is 1. The van der Waals surface area contributed by atoms with Crippen molar-refractivity contribution in [3.63, 3.8) is 0 Å². The number of nitrogens with one attached hydrogen (secondary N) is 2. The molecule has 0 bridgehead atoms. The minimum absolute atomic E-state index is 0.0155. The first-order chi connectivity index (χ1) is 7.65. The van der Waals surface area contributed by atoms with Gasteiger partial charge in [-0.15, -0.1) is 0 Å². The number of hydrogen-bond donors (Lipinski definition) is 2. The standard InChI is InChI=1S/C11H14N2O2S/c1-7-3-4-10(15-7)8(2)12-5-9-6-16-11(14)13-9/h3-4,6,8,12H,5H2,1-2H3,(H,13,14). The molecular formula is C11H14N2O2S. The summed E-state index contributed by atoms with van der Waals surface area (Å²) in [5.41, 5.74) is 0.908. The Balaban J connectivity index is 1.93. The number of rotatable bonds is 4. The molecule has 0 spiro atoms. The molecular weight excluding hydrogens is 224 g/mol. The number of aryl methyl sites for hydroxylation is 1. The molecule has 0 saturated heterocycles. The first kappa shape index (κ1) is 11.2. The molecule has 1 unspecified atom stereocenters. The number of thiazole rings is 1. The van der Waals surface area contributed by atoms with Gasteiger partial charge in [0.1, 0.15) is 11.5 Å². The molecule has 0 aliphatic rings. The Morgan fingerprint density at radius 3 is 2.94 bits per heavy atom. The van der Waals surface area contributed by atoms with Crippen LogP contribution in [0.4, 0.5) is 0 Å². The lowest BCUT2D eigenvalue weighted by Gasteiger charge is -2.09. The summed E-state index contributed by atoms with van der Waals surface area (Å²) in [6.45, 7) is 4.59. The highest BCUT2D eigenvalue weighted by Gasteiger charge is 2.08. The van der Waals surface area contributed by atoms with E-state index in [1.54, 1.807) is 0 Å². The molecule has 0 fully saturated rings. The molecule has 0 amide bonds. The van der Waals surface area contributed by atoms with E-state index in [-0.39, 0.29) is 10.9 Å². The molecule has 16 heavy (non-hydrogen) atoms. The van der Waals surface area contributed by atoms with E-state index in [9.17, 15) is 4.79 Å². The number of hydrogen-bond acceptors (Lipinski definition) is 4. The van der Waals surface area contributed by atoms with Gasteiger partial charge < -0.3 is 14.7 Å². The summed E-state index contributed by atoms with van der Waals surface area (Å²) in [6, 6.07) is 4.04. The van der Waals surface area contributed by atoms with E-state index in [1.807, 2.05) is 31.4 Å². The summed E-state index contributed by atoms with van der Waals surface area (Å²) in [7, 11) is 0. The Hall–Kier alpha value is -1.33. The van der Waals surface area contributed by atoms with Crippen LogP contribution in [0.1, 0.15) is 30.2 Å². The lowest BCUT2D eigenvalue weighted by Crippen LogP contribution is -2.18. The second-order valence-corrected chi connectivity index (χ2v) is 4.57.